The summed E-state index contributed by atoms with van der Waals surface area (Å²) in [5, 5.41) is 3.23. The number of nitrogens with one attached hydrogen (secondary N) is 1. The van der Waals surface area contributed by atoms with Gasteiger partial charge in [0, 0.05) is 12.6 Å². The van der Waals surface area contributed by atoms with Gasteiger partial charge in [0.2, 0.25) is 0 Å². The molecule has 1 aromatic rings. The van der Waals surface area contributed by atoms with Crippen molar-refractivity contribution in [1.82, 2.24) is 5.32 Å². The Morgan fingerprint density at radius 3 is 2.29 bits per heavy atom. The van der Waals surface area contributed by atoms with Crippen molar-refractivity contribution in [2.24, 2.45) is 0 Å². The molecule has 21 heavy (non-hydrogen) atoms. The van der Waals surface area contributed by atoms with Gasteiger partial charge < -0.3 is 14.8 Å². The molecule has 3 nitrogen and oxygen atoms in total. The van der Waals surface area contributed by atoms with Gasteiger partial charge in [-0.15, -0.1) is 13.2 Å². The predicted octanol–water partition coefficient (Wildman–Crippen LogP) is 4.13. The van der Waals surface area contributed by atoms with Crippen LogP contribution < -0.4 is 14.8 Å². The minimum Gasteiger partial charge on any atom is -0.485 e. The third-order valence-electron chi connectivity index (χ3n) is 2.73. The van der Waals surface area contributed by atoms with Crippen LogP contribution in [0.15, 0.2) is 24.3 Å². The quantitative estimate of drug-likeness (QED) is 0.783. The zero-order valence-corrected chi connectivity index (χ0v) is 12.5. The monoisotopic (exact) mass is 305 g/mol. The van der Waals surface area contributed by atoms with E-state index in [9.17, 15) is 13.2 Å². The molecular weight excluding hydrogens is 283 g/mol. The summed E-state index contributed by atoms with van der Waals surface area (Å²) in [6.07, 6.45) is -3.29. The Balaban J connectivity index is 2.78. The van der Waals surface area contributed by atoms with Gasteiger partial charge in [-0.05, 0) is 18.6 Å². The fourth-order valence-corrected chi connectivity index (χ4v) is 1.83. The van der Waals surface area contributed by atoms with Crippen molar-refractivity contribution in [1.29, 1.82) is 0 Å². The second kappa shape index (κ2) is 8.12. The molecule has 0 heterocycles. The van der Waals surface area contributed by atoms with Crippen LogP contribution in [0.4, 0.5) is 13.2 Å². The molecule has 1 atom stereocenters. The maximum absolute atomic E-state index is 12.4. The summed E-state index contributed by atoms with van der Waals surface area (Å²) in [7, 11) is 0. The first-order valence-corrected chi connectivity index (χ1v) is 7.06. The highest BCUT2D eigenvalue weighted by Crippen LogP contribution is 2.32. The van der Waals surface area contributed by atoms with Crippen LogP contribution in [0.25, 0.3) is 0 Å². The first-order chi connectivity index (χ1) is 9.81. The van der Waals surface area contributed by atoms with Gasteiger partial charge in [0.25, 0.3) is 0 Å². The second-order valence-electron chi connectivity index (χ2n) is 5.09. The lowest BCUT2D eigenvalue weighted by molar-refractivity contribution is -0.275. The molecule has 0 spiro atoms. The van der Waals surface area contributed by atoms with Crippen molar-refractivity contribution in [2.75, 3.05) is 6.54 Å². The van der Waals surface area contributed by atoms with E-state index in [2.05, 4.69) is 10.1 Å². The molecule has 1 rings (SSSR count). The number of hydrogen-bond donors (Lipinski definition) is 1. The van der Waals surface area contributed by atoms with Crippen molar-refractivity contribution in [2.45, 2.75) is 52.1 Å². The molecule has 1 N–H and O–H groups in total. The van der Waals surface area contributed by atoms with Gasteiger partial charge in [0.1, 0.15) is 6.10 Å². The van der Waals surface area contributed by atoms with E-state index < -0.39 is 6.36 Å². The number of benzene rings is 1. The molecule has 0 radical (unpaired) electrons. The summed E-state index contributed by atoms with van der Waals surface area (Å²) in [4.78, 5) is 0. The smallest absolute Gasteiger partial charge is 0.485 e. The third-order valence-corrected chi connectivity index (χ3v) is 2.73. The van der Waals surface area contributed by atoms with Gasteiger partial charge in [-0.3, -0.25) is 0 Å². The van der Waals surface area contributed by atoms with Crippen LogP contribution in [0.1, 0.15) is 33.6 Å². The Labute approximate surface area is 123 Å². The van der Waals surface area contributed by atoms with Crippen molar-refractivity contribution in [3.8, 4) is 11.5 Å². The molecule has 6 heteroatoms. The minimum atomic E-state index is -4.73. The predicted molar refractivity (Wildman–Crippen MR) is 75.6 cm³/mol. The van der Waals surface area contributed by atoms with Crippen molar-refractivity contribution in [3.05, 3.63) is 24.3 Å². The highest BCUT2D eigenvalue weighted by atomic mass is 19.4. The third kappa shape index (κ3) is 7.22. The van der Waals surface area contributed by atoms with E-state index in [1.54, 1.807) is 6.07 Å². The Morgan fingerprint density at radius 1 is 1.14 bits per heavy atom. The van der Waals surface area contributed by atoms with Crippen LogP contribution in [0.5, 0.6) is 11.5 Å². The lowest BCUT2D eigenvalue weighted by atomic mass is 10.2. The summed E-state index contributed by atoms with van der Waals surface area (Å²) in [6.45, 7) is 6.59. The number of alkyl halides is 3. The maximum atomic E-state index is 12.4. The Bertz CT molecular complexity index is 422. The van der Waals surface area contributed by atoms with E-state index in [4.69, 9.17) is 4.74 Å². The van der Waals surface area contributed by atoms with Crippen LogP contribution in [0.2, 0.25) is 0 Å². The standard InChI is InChI=1S/C15H22F3NO2/c1-4-7-12(10-19-11(2)3)20-13-8-5-6-9-14(13)21-15(16,17)18/h5-6,8-9,11-12,19H,4,7,10H2,1-3H3. The highest BCUT2D eigenvalue weighted by molar-refractivity contribution is 5.39. The largest absolute Gasteiger partial charge is 0.573 e. The minimum absolute atomic E-state index is 0.110. The highest BCUT2D eigenvalue weighted by Gasteiger charge is 2.32. The van der Waals surface area contributed by atoms with E-state index in [1.165, 1.54) is 18.2 Å². The Hall–Kier alpha value is -1.43. The molecule has 0 aromatic heterocycles. The molecule has 0 aliphatic heterocycles. The fraction of sp³-hybridized carbons (Fsp3) is 0.600. The molecule has 0 saturated heterocycles. The van der Waals surface area contributed by atoms with Crippen molar-refractivity contribution >= 4 is 0 Å². The molecule has 0 fully saturated rings. The molecular formula is C15H22F3NO2. The molecule has 0 aliphatic carbocycles. The van der Waals surface area contributed by atoms with Crippen LogP contribution in [0, 0.1) is 0 Å². The summed E-state index contributed by atoms with van der Waals surface area (Å²) in [5.74, 6) is -0.200. The molecule has 0 bridgehead atoms. The van der Waals surface area contributed by atoms with E-state index in [0.29, 0.717) is 6.54 Å². The van der Waals surface area contributed by atoms with Crippen LogP contribution in [0.3, 0.4) is 0 Å². The summed E-state index contributed by atoms with van der Waals surface area (Å²) in [5.41, 5.74) is 0. The molecule has 1 unspecified atom stereocenters. The number of rotatable bonds is 8. The Kier molecular flexibility index (Phi) is 6.81. The average Bonchev–Trinajstić information content (AvgIpc) is 2.36. The zero-order valence-electron chi connectivity index (χ0n) is 12.5. The van der Waals surface area contributed by atoms with Gasteiger partial charge in [0.15, 0.2) is 11.5 Å². The van der Waals surface area contributed by atoms with Crippen LogP contribution >= 0.6 is 0 Å². The topological polar surface area (TPSA) is 30.5 Å². The summed E-state index contributed by atoms with van der Waals surface area (Å²) >= 11 is 0. The van der Waals surface area contributed by atoms with Gasteiger partial charge in [0.05, 0.1) is 0 Å². The lowest BCUT2D eigenvalue weighted by Gasteiger charge is -2.22. The van der Waals surface area contributed by atoms with E-state index >= 15 is 0 Å². The van der Waals surface area contributed by atoms with Gasteiger partial charge in [-0.1, -0.05) is 39.3 Å². The molecule has 0 aliphatic rings. The van der Waals surface area contributed by atoms with E-state index in [-0.39, 0.29) is 23.6 Å². The summed E-state index contributed by atoms with van der Waals surface area (Å²) in [6, 6.07) is 6.13. The Morgan fingerprint density at radius 2 is 1.76 bits per heavy atom. The fourth-order valence-electron chi connectivity index (χ4n) is 1.83. The van der Waals surface area contributed by atoms with Crippen LogP contribution in [-0.4, -0.2) is 25.1 Å². The second-order valence-corrected chi connectivity index (χ2v) is 5.09. The van der Waals surface area contributed by atoms with Gasteiger partial charge in [-0.25, -0.2) is 0 Å². The first kappa shape index (κ1) is 17.6. The number of para-hydroxylation sites is 2. The van der Waals surface area contributed by atoms with Gasteiger partial charge in [-0.2, -0.15) is 0 Å². The lowest BCUT2D eigenvalue weighted by Crippen LogP contribution is -2.35. The van der Waals surface area contributed by atoms with Crippen molar-refractivity contribution in [3.63, 3.8) is 0 Å². The number of halogens is 3. The SMILES string of the molecule is CCCC(CNC(C)C)Oc1ccccc1OC(F)(F)F. The molecule has 0 amide bonds. The first-order valence-electron chi connectivity index (χ1n) is 7.06. The zero-order chi connectivity index (χ0) is 15.9. The van der Waals surface area contributed by atoms with Gasteiger partial charge >= 0.3 is 6.36 Å². The molecule has 1 aromatic carbocycles. The number of ether oxygens (including phenoxy) is 2. The summed E-state index contributed by atoms with van der Waals surface area (Å²) < 4.78 is 46.8. The van der Waals surface area contributed by atoms with Crippen LogP contribution in [-0.2, 0) is 0 Å². The van der Waals surface area contributed by atoms with E-state index in [1.807, 2.05) is 20.8 Å². The van der Waals surface area contributed by atoms with Crippen molar-refractivity contribution < 1.29 is 22.6 Å². The van der Waals surface area contributed by atoms with E-state index in [0.717, 1.165) is 12.8 Å². The number of hydrogen-bond acceptors (Lipinski definition) is 3. The maximum Gasteiger partial charge on any atom is 0.573 e. The average molecular weight is 305 g/mol. The molecule has 120 valence electrons. The molecule has 0 saturated carbocycles. The normalized spacial score (nSPS) is 13.3.